The van der Waals surface area contributed by atoms with Crippen LogP contribution >= 0.6 is 0 Å². The molecule has 0 saturated heterocycles. The second-order valence-corrected chi connectivity index (χ2v) is 5.80. The first-order valence-electron chi connectivity index (χ1n) is 5.44. The molecule has 1 unspecified atom stereocenters. The van der Waals surface area contributed by atoms with Crippen molar-refractivity contribution in [2.45, 2.75) is 22.9 Å². The van der Waals surface area contributed by atoms with Crippen molar-refractivity contribution < 1.29 is 31.5 Å². The third kappa shape index (κ3) is 3.66. The van der Waals surface area contributed by atoms with E-state index in [-0.39, 0.29) is 6.42 Å². The second kappa shape index (κ2) is 6.05. The normalized spacial score (nSPS) is 13.2. The number of sulfone groups is 1. The van der Waals surface area contributed by atoms with Gasteiger partial charge in [-0.1, -0.05) is 12.1 Å². The van der Waals surface area contributed by atoms with Crippen LogP contribution < -0.4 is 5.32 Å². The number of para-hydroxylation sites is 1. The minimum Gasteiger partial charge on any atom is -0.480 e. The number of anilines is 1. The molecule has 1 atom stereocenters. The first kappa shape index (κ1) is 16.8. The Bertz CT molecular complexity index is 676. The highest BCUT2D eigenvalue weighted by molar-refractivity contribution is 7.92. The minimum absolute atomic E-state index is 0.324. The average Bonchev–Trinajstić information content (AvgIpc) is 2.37. The van der Waals surface area contributed by atoms with E-state index in [9.17, 15) is 26.4 Å². The lowest BCUT2D eigenvalue weighted by molar-refractivity contribution is -0.137. The maximum atomic E-state index is 12.6. The maximum Gasteiger partial charge on any atom is 0.501 e. The number of halogens is 3. The Balaban J connectivity index is 3.29. The molecule has 114 valence electrons. The van der Waals surface area contributed by atoms with Crippen LogP contribution in [0.1, 0.15) is 6.42 Å². The third-order valence-corrected chi connectivity index (χ3v) is 3.98. The average molecular weight is 321 g/mol. The highest BCUT2D eigenvalue weighted by atomic mass is 32.2. The molecule has 1 rings (SSSR count). The van der Waals surface area contributed by atoms with Crippen molar-refractivity contribution in [2.75, 3.05) is 5.32 Å². The van der Waals surface area contributed by atoms with E-state index >= 15 is 0 Å². The number of hydrogen-bond donors (Lipinski definition) is 2. The summed E-state index contributed by atoms with van der Waals surface area (Å²) in [6, 6.07) is 2.73. The number of carbonyl (C=O) groups is 1. The van der Waals surface area contributed by atoms with Gasteiger partial charge in [0, 0.05) is 6.42 Å². The van der Waals surface area contributed by atoms with Crippen LogP contribution in [0.25, 0.3) is 0 Å². The van der Waals surface area contributed by atoms with Gasteiger partial charge >= 0.3 is 11.5 Å². The highest BCUT2D eigenvalue weighted by Gasteiger charge is 2.48. The smallest absolute Gasteiger partial charge is 0.480 e. The number of carboxylic acids is 1. The van der Waals surface area contributed by atoms with E-state index in [4.69, 9.17) is 11.5 Å². The van der Waals surface area contributed by atoms with Gasteiger partial charge in [0.1, 0.15) is 6.04 Å². The van der Waals surface area contributed by atoms with Crippen LogP contribution in [0, 0.1) is 12.3 Å². The fourth-order valence-corrected chi connectivity index (χ4v) is 2.37. The van der Waals surface area contributed by atoms with E-state index in [1.807, 2.05) is 5.92 Å². The summed E-state index contributed by atoms with van der Waals surface area (Å²) in [4.78, 5) is 9.87. The number of benzene rings is 1. The number of hydrogen-bond acceptors (Lipinski definition) is 4. The Labute approximate surface area is 118 Å². The quantitative estimate of drug-likeness (QED) is 0.809. The molecule has 0 aliphatic heterocycles. The SMILES string of the molecule is C#CCC(Nc1ccccc1S(=O)(=O)C(F)(F)F)C(=O)O. The molecule has 9 heteroatoms. The molecule has 21 heavy (non-hydrogen) atoms. The largest absolute Gasteiger partial charge is 0.501 e. The number of carboxylic acid groups (broad SMARTS) is 1. The molecular weight excluding hydrogens is 311 g/mol. The molecule has 1 aromatic carbocycles. The summed E-state index contributed by atoms with van der Waals surface area (Å²) in [5.41, 5.74) is -5.97. The van der Waals surface area contributed by atoms with Gasteiger partial charge in [0.15, 0.2) is 0 Å². The van der Waals surface area contributed by atoms with Gasteiger partial charge in [-0.15, -0.1) is 12.3 Å². The summed E-state index contributed by atoms with van der Waals surface area (Å²) in [5, 5.41) is 11.1. The molecule has 0 fully saturated rings. The molecule has 0 spiro atoms. The predicted octanol–water partition coefficient (Wildman–Crippen LogP) is 1.87. The molecule has 0 amide bonds. The van der Waals surface area contributed by atoms with E-state index in [0.29, 0.717) is 0 Å². The van der Waals surface area contributed by atoms with Gasteiger partial charge in [-0.25, -0.2) is 13.2 Å². The number of terminal acetylenes is 1. The summed E-state index contributed by atoms with van der Waals surface area (Å²) in [5.74, 6) is 0.633. The first-order chi connectivity index (χ1) is 9.61. The van der Waals surface area contributed by atoms with Gasteiger partial charge in [-0.2, -0.15) is 13.2 Å². The number of rotatable bonds is 5. The van der Waals surface area contributed by atoms with Crippen LogP contribution in [0.5, 0.6) is 0 Å². The molecule has 0 bridgehead atoms. The molecule has 0 aliphatic rings. The highest BCUT2D eigenvalue weighted by Crippen LogP contribution is 2.34. The molecule has 0 heterocycles. The van der Waals surface area contributed by atoms with Crippen molar-refractivity contribution in [2.24, 2.45) is 0 Å². The molecule has 0 radical (unpaired) electrons. The molecular formula is C12H10F3NO4S. The lowest BCUT2D eigenvalue weighted by Crippen LogP contribution is -2.31. The fraction of sp³-hybridized carbons (Fsp3) is 0.250. The van der Waals surface area contributed by atoms with Crippen LogP contribution in [0.4, 0.5) is 18.9 Å². The van der Waals surface area contributed by atoms with Crippen molar-refractivity contribution in [3.8, 4) is 12.3 Å². The fourth-order valence-electron chi connectivity index (χ4n) is 1.45. The number of alkyl halides is 3. The Morgan fingerprint density at radius 3 is 2.43 bits per heavy atom. The van der Waals surface area contributed by atoms with Crippen LogP contribution in [0.15, 0.2) is 29.2 Å². The van der Waals surface area contributed by atoms with Crippen LogP contribution in [0.3, 0.4) is 0 Å². The Morgan fingerprint density at radius 2 is 1.95 bits per heavy atom. The standard InChI is InChI=1S/C12H10F3NO4S/c1-2-5-9(11(17)18)16-8-6-3-4-7-10(8)21(19,20)12(13,14)15/h1,3-4,6-7,9,16H,5H2,(H,17,18). The molecule has 1 aromatic rings. The van der Waals surface area contributed by atoms with Crippen molar-refractivity contribution in [3.63, 3.8) is 0 Å². The van der Waals surface area contributed by atoms with Crippen molar-refractivity contribution in [3.05, 3.63) is 24.3 Å². The summed E-state index contributed by atoms with van der Waals surface area (Å²) < 4.78 is 60.6. The zero-order valence-corrected chi connectivity index (χ0v) is 11.2. The molecule has 5 nitrogen and oxygen atoms in total. The van der Waals surface area contributed by atoms with Gasteiger partial charge in [-0.3, -0.25) is 0 Å². The van der Waals surface area contributed by atoms with Crippen molar-refractivity contribution >= 4 is 21.5 Å². The number of nitrogens with one attached hydrogen (secondary N) is 1. The molecule has 0 aliphatic carbocycles. The summed E-state index contributed by atoms with van der Waals surface area (Å²) in [6.45, 7) is 0. The van der Waals surface area contributed by atoms with Crippen LogP contribution in [0.2, 0.25) is 0 Å². The van der Waals surface area contributed by atoms with E-state index in [1.54, 1.807) is 0 Å². The summed E-state index contributed by atoms with van der Waals surface area (Å²) >= 11 is 0. The predicted molar refractivity (Wildman–Crippen MR) is 68.2 cm³/mol. The maximum absolute atomic E-state index is 12.6. The van der Waals surface area contributed by atoms with Gasteiger partial charge in [0.2, 0.25) is 0 Å². The monoisotopic (exact) mass is 321 g/mol. The van der Waals surface area contributed by atoms with Crippen LogP contribution in [-0.2, 0) is 14.6 Å². The van der Waals surface area contributed by atoms with Crippen molar-refractivity contribution in [1.29, 1.82) is 0 Å². The van der Waals surface area contributed by atoms with E-state index < -0.39 is 37.9 Å². The van der Waals surface area contributed by atoms with E-state index in [0.717, 1.165) is 18.2 Å². The Kier molecular flexibility index (Phi) is 4.85. The summed E-state index contributed by atoms with van der Waals surface area (Å²) in [7, 11) is -5.60. The van der Waals surface area contributed by atoms with Gasteiger partial charge < -0.3 is 10.4 Å². The zero-order chi connectivity index (χ0) is 16.3. The zero-order valence-electron chi connectivity index (χ0n) is 10.4. The van der Waals surface area contributed by atoms with Gasteiger partial charge in [-0.05, 0) is 12.1 Å². The third-order valence-electron chi connectivity index (χ3n) is 2.43. The Morgan fingerprint density at radius 1 is 1.38 bits per heavy atom. The second-order valence-electron chi connectivity index (χ2n) is 3.89. The van der Waals surface area contributed by atoms with E-state index in [1.165, 1.54) is 6.07 Å². The topological polar surface area (TPSA) is 83.5 Å². The molecule has 0 aromatic heterocycles. The Hall–Kier alpha value is -2.21. The molecule has 2 N–H and O–H groups in total. The van der Waals surface area contributed by atoms with Crippen molar-refractivity contribution in [1.82, 2.24) is 0 Å². The molecule has 0 saturated carbocycles. The van der Waals surface area contributed by atoms with Gasteiger partial charge in [0.05, 0.1) is 10.6 Å². The lowest BCUT2D eigenvalue weighted by Gasteiger charge is -2.17. The first-order valence-corrected chi connectivity index (χ1v) is 6.92. The van der Waals surface area contributed by atoms with Crippen LogP contribution in [-0.4, -0.2) is 31.0 Å². The lowest BCUT2D eigenvalue weighted by atomic mass is 10.2. The summed E-state index contributed by atoms with van der Waals surface area (Å²) in [6.07, 6.45) is 4.64. The van der Waals surface area contributed by atoms with E-state index in [2.05, 4.69) is 5.32 Å². The number of aliphatic carboxylic acids is 1. The van der Waals surface area contributed by atoms with Gasteiger partial charge in [0.25, 0.3) is 9.84 Å². The minimum atomic E-state index is -5.60.